The lowest BCUT2D eigenvalue weighted by Gasteiger charge is -2.58. The molecule has 0 aromatic rings. The van der Waals surface area contributed by atoms with E-state index in [1.54, 1.807) is 0 Å². The quantitative estimate of drug-likeness (QED) is 0.735. The molecule has 2 nitrogen and oxygen atoms in total. The predicted molar refractivity (Wildman–Crippen MR) is 87.2 cm³/mol. The van der Waals surface area contributed by atoms with Gasteiger partial charge in [0.1, 0.15) is 0 Å². The van der Waals surface area contributed by atoms with Crippen molar-refractivity contribution in [2.45, 2.75) is 65.4 Å². The third-order valence-corrected chi connectivity index (χ3v) is 7.89. The summed E-state index contributed by atoms with van der Waals surface area (Å²) in [6, 6.07) is 0. The van der Waals surface area contributed by atoms with Gasteiger partial charge in [0, 0.05) is 6.42 Å². The fourth-order valence-corrected chi connectivity index (χ4v) is 7.11. The van der Waals surface area contributed by atoms with E-state index < -0.39 is 0 Å². The van der Waals surface area contributed by atoms with Crippen LogP contribution in [0.5, 0.6) is 0 Å². The van der Waals surface area contributed by atoms with Crippen LogP contribution in [0.15, 0.2) is 11.6 Å². The second-order valence-corrected chi connectivity index (χ2v) is 9.05. The molecule has 22 heavy (non-hydrogen) atoms. The van der Waals surface area contributed by atoms with Crippen LogP contribution >= 0.6 is 0 Å². The molecule has 0 heterocycles. The molecule has 0 spiro atoms. The van der Waals surface area contributed by atoms with Gasteiger partial charge in [0.15, 0.2) is 5.78 Å². The number of rotatable bonds is 0. The van der Waals surface area contributed by atoms with E-state index in [0.29, 0.717) is 29.5 Å². The minimum atomic E-state index is -0.0991. The maximum atomic E-state index is 11.8. The lowest BCUT2D eigenvalue weighted by atomic mass is 9.47. The number of fused-ring (bicyclic) bond motifs is 5. The van der Waals surface area contributed by atoms with E-state index in [1.807, 2.05) is 6.08 Å². The Morgan fingerprint density at radius 2 is 1.91 bits per heavy atom. The normalized spacial score (nSPS) is 54.3. The van der Waals surface area contributed by atoms with Gasteiger partial charge in [0.2, 0.25) is 0 Å². The molecule has 4 aliphatic rings. The molecule has 0 aliphatic heterocycles. The average Bonchev–Trinajstić information content (AvgIpc) is 2.74. The molecule has 8 atom stereocenters. The highest BCUT2D eigenvalue weighted by Gasteiger charge is 2.59. The SMILES string of the molecule is C[C@@H]1CC2=CC(=O)CCC2C2C1C1CCC(O)[C@@]1(C)C[C@@H]2C. The van der Waals surface area contributed by atoms with Crippen molar-refractivity contribution in [2.24, 2.45) is 40.9 Å². The summed E-state index contributed by atoms with van der Waals surface area (Å²) in [4.78, 5) is 11.8. The number of ketones is 1. The van der Waals surface area contributed by atoms with E-state index >= 15 is 0 Å². The van der Waals surface area contributed by atoms with Gasteiger partial charge in [-0.15, -0.1) is 0 Å². The zero-order chi connectivity index (χ0) is 15.6. The molecule has 2 heteroatoms. The van der Waals surface area contributed by atoms with Gasteiger partial charge < -0.3 is 5.11 Å². The number of carbonyl (C=O) groups excluding carboxylic acids is 1. The number of hydrogen-bond donors (Lipinski definition) is 1. The van der Waals surface area contributed by atoms with Crippen molar-refractivity contribution in [3.8, 4) is 0 Å². The van der Waals surface area contributed by atoms with Gasteiger partial charge in [-0.1, -0.05) is 26.3 Å². The molecular formula is C20H30O2. The molecule has 1 N–H and O–H groups in total. The first-order valence-corrected chi connectivity index (χ1v) is 9.33. The monoisotopic (exact) mass is 302 g/mol. The molecular weight excluding hydrogens is 272 g/mol. The van der Waals surface area contributed by atoms with E-state index in [0.717, 1.165) is 37.5 Å². The molecule has 5 unspecified atom stereocenters. The molecule has 3 fully saturated rings. The Morgan fingerprint density at radius 3 is 2.68 bits per heavy atom. The molecule has 122 valence electrons. The second kappa shape index (κ2) is 4.93. The molecule has 4 aliphatic carbocycles. The highest BCUT2D eigenvalue weighted by atomic mass is 16.3. The molecule has 0 saturated heterocycles. The van der Waals surface area contributed by atoms with Gasteiger partial charge >= 0.3 is 0 Å². The minimum absolute atomic E-state index is 0.0991. The van der Waals surface area contributed by atoms with E-state index in [2.05, 4.69) is 20.8 Å². The van der Waals surface area contributed by atoms with Crippen LogP contribution in [0.2, 0.25) is 0 Å². The van der Waals surface area contributed by atoms with Crippen molar-refractivity contribution in [2.75, 3.05) is 0 Å². The van der Waals surface area contributed by atoms with E-state index in [1.165, 1.54) is 18.4 Å². The number of hydrogen-bond acceptors (Lipinski definition) is 2. The Bertz CT molecular complexity index is 522. The molecule has 4 rings (SSSR count). The van der Waals surface area contributed by atoms with Crippen molar-refractivity contribution in [1.82, 2.24) is 0 Å². The Labute approximate surface area is 134 Å². The fraction of sp³-hybridized carbons (Fsp3) is 0.850. The number of carbonyl (C=O) groups is 1. The van der Waals surface area contributed by atoms with Gasteiger partial charge in [-0.3, -0.25) is 4.79 Å². The second-order valence-electron chi connectivity index (χ2n) is 9.05. The Hall–Kier alpha value is -0.630. The molecule has 0 bridgehead atoms. The first-order chi connectivity index (χ1) is 10.4. The van der Waals surface area contributed by atoms with E-state index in [4.69, 9.17) is 0 Å². The Kier molecular flexibility index (Phi) is 3.35. The standard InChI is InChI=1S/C20H30O2/c1-11-8-13-9-14(21)4-5-15(13)18-12(2)10-20(3)16(19(11)18)6-7-17(20)22/h9,11-12,15-19,22H,4-8,10H2,1-3H3/t11-,12+,15?,16?,17?,18?,19?,20+/m1/s1. The molecule has 0 amide bonds. The zero-order valence-electron chi connectivity index (χ0n) is 14.2. The van der Waals surface area contributed by atoms with Gasteiger partial charge in [-0.05, 0) is 79.1 Å². The van der Waals surface area contributed by atoms with Crippen molar-refractivity contribution in [1.29, 1.82) is 0 Å². The average molecular weight is 302 g/mol. The summed E-state index contributed by atoms with van der Waals surface area (Å²) in [5.41, 5.74) is 1.60. The number of aliphatic hydroxyl groups excluding tert-OH is 1. The number of allylic oxidation sites excluding steroid dienone is 1. The molecule has 0 radical (unpaired) electrons. The molecule has 3 saturated carbocycles. The van der Waals surface area contributed by atoms with Gasteiger partial charge in [-0.25, -0.2) is 0 Å². The van der Waals surface area contributed by atoms with Crippen LogP contribution in [0, 0.1) is 40.9 Å². The largest absolute Gasteiger partial charge is 0.393 e. The number of aliphatic hydroxyl groups is 1. The first kappa shape index (κ1) is 14.9. The summed E-state index contributed by atoms with van der Waals surface area (Å²) in [6.07, 6.45) is 8.22. The summed E-state index contributed by atoms with van der Waals surface area (Å²) >= 11 is 0. The summed E-state index contributed by atoms with van der Waals surface area (Å²) in [6.45, 7) is 7.16. The van der Waals surface area contributed by atoms with Crippen molar-refractivity contribution in [3.05, 3.63) is 11.6 Å². The zero-order valence-corrected chi connectivity index (χ0v) is 14.2. The summed E-state index contributed by atoms with van der Waals surface area (Å²) in [7, 11) is 0. The van der Waals surface area contributed by atoms with Crippen LogP contribution in [0.3, 0.4) is 0 Å². The third-order valence-electron chi connectivity index (χ3n) is 7.89. The first-order valence-electron chi connectivity index (χ1n) is 9.33. The van der Waals surface area contributed by atoms with Crippen LogP contribution in [0.4, 0.5) is 0 Å². The minimum Gasteiger partial charge on any atom is -0.393 e. The van der Waals surface area contributed by atoms with Gasteiger partial charge in [-0.2, -0.15) is 0 Å². The maximum absolute atomic E-state index is 11.8. The summed E-state index contributed by atoms with van der Waals surface area (Å²) < 4.78 is 0. The van der Waals surface area contributed by atoms with E-state index in [-0.39, 0.29) is 11.5 Å². The Balaban J connectivity index is 1.73. The van der Waals surface area contributed by atoms with Crippen LogP contribution in [0.1, 0.15) is 59.3 Å². The third kappa shape index (κ3) is 1.92. The van der Waals surface area contributed by atoms with Crippen molar-refractivity contribution < 1.29 is 9.90 Å². The van der Waals surface area contributed by atoms with Crippen LogP contribution in [0.25, 0.3) is 0 Å². The van der Waals surface area contributed by atoms with Crippen LogP contribution in [-0.2, 0) is 4.79 Å². The molecule has 0 aromatic carbocycles. The highest BCUT2D eigenvalue weighted by molar-refractivity contribution is 5.91. The Morgan fingerprint density at radius 1 is 1.14 bits per heavy atom. The van der Waals surface area contributed by atoms with Gasteiger partial charge in [0.05, 0.1) is 6.10 Å². The van der Waals surface area contributed by atoms with E-state index in [9.17, 15) is 9.90 Å². The highest BCUT2D eigenvalue weighted by Crippen LogP contribution is 2.64. The smallest absolute Gasteiger partial charge is 0.155 e. The van der Waals surface area contributed by atoms with Crippen molar-refractivity contribution >= 4 is 5.78 Å². The summed E-state index contributed by atoms with van der Waals surface area (Å²) in [5.74, 6) is 4.52. The topological polar surface area (TPSA) is 37.3 Å². The predicted octanol–water partition coefficient (Wildman–Crippen LogP) is 3.98. The summed E-state index contributed by atoms with van der Waals surface area (Å²) in [5, 5.41) is 10.6. The van der Waals surface area contributed by atoms with Crippen LogP contribution in [-0.4, -0.2) is 17.0 Å². The fourth-order valence-electron chi connectivity index (χ4n) is 7.11. The van der Waals surface area contributed by atoms with Gasteiger partial charge in [0.25, 0.3) is 0 Å². The van der Waals surface area contributed by atoms with Crippen molar-refractivity contribution in [3.63, 3.8) is 0 Å². The maximum Gasteiger partial charge on any atom is 0.155 e. The lowest BCUT2D eigenvalue weighted by Crippen LogP contribution is -2.53. The lowest BCUT2D eigenvalue weighted by molar-refractivity contribution is -0.118. The van der Waals surface area contributed by atoms with Crippen LogP contribution < -0.4 is 0 Å². The molecule has 0 aromatic heterocycles.